The minimum Gasteiger partial charge on any atom is -0.294 e. The summed E-state index contributed by atoms with van der Waals surface area (Å²) in [6, 6.07) is 3.60. The summed E-state index contributed by atoms with van der Waals surface area (Å²) >= 11 is 3.23. The van der Waals surface area contributed by atoms with Crippen molar-refractivity contribution in [3.05, 3.63) is 28.5 Å². The zero-order chi connectivity index (χ0) is 10.6. The number of halogens is 1. The lowest BCUT2D eigenvalue weighted by Crippen LogP contribution is -2.01. The molecule has 0 aliphatic carbocycles. The summed E-state index contributed by atoms with van der Waals surface area (Å²) in [5, 5.41) is 0. The van der Waals surface area contributed by atoms with Crippen LogP contribution in [0.5, 0.6) is 0 Å². The van der Waals surface area contributed by atoms with E-state index in [4.69, 9.17) is 0 Å². The largest absolute Gasteiger partial charge is 0.294 e. The molecule has 2 nitrogen and oxygen atoms in total. The lowest BCUT2D eigenvalue weighted by atomic mass is 10.0. The van der Waals surface area contributed by atoms with Gasteiger partial charge in [0.25, 0.3) is 0 Å². The first kappa shape index (κ1) is 11.4. The molecular formula is C11H14BrNO. The summed E-state index contributed by atoms with van der Waals surface area (Å²) < 4.78 is 0.762. The molecule has 0 amide bonds. The molecule has 0 radical (unpaired) electrons. The van der Waals surface area contributed by atoms with Crippen molar-refractivity contribution < 1.29 is 4.79 Å². The standard InChI is InChI=1S/C11H14BrNO/c1-8(2)3-5-10(14)9-4-6-11(12)13-7-9/h4,6-8H,3,5H2,1-2H3. The van der Waals surface area contributed by atoms with Crippen LogP contribution in [0.3, 0.4) is 0 Å². The van der Waals surface area contributed by atoms with Gasteiger partial charge in [-0.05, 0) is 40.4 Å². The fourth-order valence-electron chi connectivity index (χ4n) is 1.10. The van der Waals surface area contributed by atoms with Crippen molar-refractivity contribution in [3.63, 3.8) is 0 Å². The van der Waals surface area contributed by atoms with E-state index in [1.807, 2.05) is 0 Å². The lowest BCUT2D eigenvalue weighted by molar-refractivity contribution is 0.0975. The van der Waals surface area contributed by atoms with Crippen LogP contribution < -0.4 is 0 Å². The van der Waals surface area contributed by atoms with Gasteiger partial charge in [-0.1, -0.05) is 13.8 Å². The number of pyridine rings is 1. The molecule has 0 saturated carbocycles. The van der Waals surface area contributed by atoms with Crippen molar-refractivity contribution in [2.45, 2.75) is 26.7 Å². The van der Waals surface area contributed by atoms with Gasteiger partial charge in [0.15, 0.2) is 5.78 Å². The third kappa shape index (κ3) is 3.58. The Labute approximate surface area is 92.9 Å². The second kappa shape index (κ2) is 5.25. The minimum atomic E-state index is 0.179. The summed E-state index contributed by atoms with van der Waals surface area (Å²) in [6.07, 6.45) is 3.17. The Hall–Kier alpha value is -0.700. The van der Waals surface area contributed by atoms with Gasteiger partial charge >= 0.3 is 0 Å². The van der Waals surface area contributed by atoms with E-state index in [9.17, 15) is 4.79 Å². The van der Waals surface area contributed by atoms with Gasteiger partial charge in [0, 0.05) is 18.2 Å². The Balaban J connectivity index is 2.57. The van der Waals surface area contributed by atoms with E-state index in [-0.39, 0.29) is 5.78 Å². The van der Waals surface area contributed by atoms with Gasteiger partial charge < -0.3 is 0 Å². The Morgan fingerprint density at radius 2 is 2.21 bits per heavy atom. The van der Waals surface area contributed by atoms with Crippen LogP contribution in [-0.2, 0) is 0 Å². The van der Waals surface area contributed by atoms with Gasteiger partial charge in [-0.15, -0.1) is 0 Å². The van der Waals surface area contributed by atoms with E-state index >= 15 is 0 Å². The van der Waals surface area contributed by atoms with Gasteiger partial charge in [-0.25, -0.2) is 4.98 Å². The molecule has 1 rings (SSSR count). The molecule has 1 aromatic rings. The van der Waals surface area contributed by atoms with Crippen LogP contribution in [0.15, 0.2) is 22.9 Å². The highest BCUT2D eigenvalue weighted by molar-refractivity contribution is 9.10. The number of carbonyl (C=O) groups is 1. The summed E-state index contributed by atoms with van der Waals surface area (Å²) in [4.78, 5) is 15.6. The van der Waals surface area contributed by atoms with Crippen LogP contribution >= 0.6 is 15.9 Å². The molecular weight excluding hydrogens is 242 g/mol. The van der Waals surface area contributed by atoms with Gasteiger partial charge in [-0.2, -0.15) is 0 Å². The smallest absolute Gasteiger partial charge is 0.164 e. The zero-order valence-corrected chi connectivity index (χ0v) is 10.0. The van der Waals surface area contributed by atoms with E-state index in [0.29, 0.717) is 17.9 Å². The van der Waals surface area contributed by atoms with Crippen molar-refractivity contribution in [3.8, 4) is 0 Å². The Morgan fingerprint density at radius 1 is 1.50 bits per heavy atom. The number of aromatic nitrogens is 1. The van der Waals surface area contributed by atoms with Crippen LogP contribution in [-0.4, -0.2) is 10.8 Å². The summed E-state index contributed by atoms with van der Waals surface area (Å²) in [6.45, 7) is 4.24. The molecule has 0 aliphatic rings. The molecule has 0 atom stereocenters. The molecule has 3 heteroatoms. The molecule has 0 bridgehead atoms. The Bertz CT molecular complexity index is 306. The number of carbonyl (C=O) groups excluding carboxylic acids is 1. The molecule has 0 saturated heterocycles. The third-order valence-electron chi connectivity index (χ3n) is 2.00. The molecule has 76 valence electrons. The highest BCUT2D eigenvalue weighted by Crippen LogP contribution is 2.11. The molecule has 1 heterocycles. The first-order valence-electron chi connectivity index (χ1n) is 4.74. The number of nitrogens with zero attached hydrogens (tertiary/aromatic N) is 1. The Kier molecular flexibility index (Phi) is 4.26. The normalized spacial score (nSPS) is 10.6. The fraction of sp³-hybridized carbons (Fsp3) is 0.455. The summed E-state index contributed by atoms with van der Waals surface area (Å²) in [5.74, 6) is 0.751. The van der Waals surface area contributed by atoms with E-state index < -0.39 is 0 Å². The highest BCUT2D eigenvalue weighted by atomic mass is 79.9. The number of hydrogen-bond donors (Lipinski definition) is 0. The third-order valence-corrected chi connectivity index (χ3v) is 2.47. The Morgan fingerprint density at radius 3 is 2.71 bits per heavy atom. The number of rotatable bonds is 4. The van der Waals surface area contributed by atoms with Crippen LogP contribution in [0.1, 0.15) is 37.0 Å². The van der Waals surface area contributed by atoms with Gasteiger partial charge in [0.2, 0.25) is 0 Å². The predicted octanol–water partition coefficient (Wildman–Crippen LogP) is 3.46. The summed E-state index contributed by atoms with van der Waals surface area (Å²) in [7, 11) is 0. The van der Waals surface area contributed by atoms with E-state index in [1.165, 1.54) is 0 Å². The van der Waals surface area contributed by atoms with Crippen molar-refractivity contribution in [1.29, 1.82) is 0 Å². The topological polar surface area (TPSA) is 30.0 Å². The second-order valence-corrected chi connectivity index (χ2v) is 4.54. The van der Waals surface area contributed by atoms with Crippen LogP contribution in [0.2, 0.25) is 0 Å². The molecule has 0 spiro atoms. The van der Waals surface area contributed by atoms with Crippen molar-refractivity contribution in [1.82, 2.24) is 4.98 Å². The van der Waals surface area contributed by atoms with Gasteiger partial charge in [-0.3, -0.25) is 4.79 Å². The molecule has 0 aliphatic heterocycles. The molecule has 0 unspecified atom stereocenters. The molecule has 0 aromatic carbocycles. The fourth-order valence-corrected chi connectivity index (χ4v) is 1.34. The monoisotopic (exact) mass is 255 g/mol. The molecule has 1 aromatic heterocycles. The first-order valence-corrected chi connectivity index (χ1v) is 5.53. The maximum absolute atomic E-state index is 11.6. The zero-order valence-electron chi connectivity index (χ0n) is 8.46. The van der Waals surface area contributed by atoms with Crippen molar-refractivity contribution >= 4 is 21.7 Å². The first-order chi connectivity index (χ1) is 6.59. The lowest BCUT2D eigenvalue weighted by Gasteiger charge is -2.03. The maximum atomic E-state index is 11.6. The van der Waals surface area contributed by atoms with Crippen molar-refractivity contribution in [2.75, 3.05) is 0 Å². The van der Waals surface area contributed by atoms with Gasteiger partial charge in [0.1, 0.15) is 4.60 Å². The summed E-state index contributed by atoms with van der Waals surface area (Å²) in [5.41, 5.74) is 0.703. The number of ketones is 1. The SMILES string of the molecule is CC(C)CCC(=O)c1ccc(Br)nc1. The van der Waals surface area contributed by atoms with Gasteiger partial charge in [0.05, 0.1) is 0 Å². The van der Waals surface area contributed by atoms with Crippen LogP contribution in [0.25, 0.3) is 0 Å². The van der Waals surface area contributed by atoms with Crippen LogP contribution in [0.4, 0.5) is 0 Å². The van der Waals surface area contributed by atoms with Crippen LogP contribution in [0, 0.1) is 5.92 Å². The number of hydrogen-bond acceptors (Lipinski definition) is 2. The molecule has 14 heavy (non-hydrogen) atoms. The average molecular weight is 256 g/mol. The highest BCUT2D eigenvalue weighted by Gasteiger charge is 2.06. The maximum Gasteiger partial charge on any atom is 0.164 e. The second-order valence-electron chi connectivity index (χ2n) is 3.73. The number of Topliss-reactive ketones (excluding diaryl/α,β-unsaturated/α-hetero) is 1. The van der Waals surface area contributed by atoms with Crippen molar-refractivity contribution in [2.24, 2.45) is 5.92 Å². The molecule has 0 N–H and O–H groups in total. The predicted molar refractivity (Wildman–Crippen MR) is 60.3 cm³/mol. The quantitative estimate of drug-likeness (QED) is 0.610. The average Bonchev–Trinajstić information content (AvgIpc) is 2.15. The van der Waals surface area contributed by atoms with E-state index in [0.717, 1.165) is 11.0 Å². The minimum absolute atomic E-state index is 0.179. The van der Waals surface area contributed by atoms with E-state index in [1.54, 1.807) is 18.3 Å². The molecule has 0 fully saturated rings. The van der Waals surface area contributed by atoms with E-state index in [2.05, 4.69) is 34.8 Å².